The zero-order valence-corrected chi connectivity index (χ0v) is 17.1. The molecule has 0 spiro atoms. The third kappa shape index (κ3) is 4.67. The van der Waals surface area contributed by atoms with Crippen LogP contribution in [0.3, 0.4) is 0 Å². The van der Waals surface area contributed by atoms with E-state index in [2.05, 4.69) is 33.9 Å². The molecule has 1 saturated heterocycles. The van der Waals surface area contributed by atoms with Crippen LogP contribution < -0.4 is 5.73 Å². The van der Waals surface area contributed by atoms with Crippen molar-refractivity contribution < 1.29 is 4.74 Å². The van der Waals surface area contributed by atoms with Gasteiger partial charge in [0.2, 0.25) is 0 Å². The number of thiazole rings is 1. The van der Waals surface area contributed by atoms with Gasteiger partial charge < -0.3 is 15.4 Å². The predicted octanol–water partition coefficient (Wildman–Crippen LogP) is 3.27. The van der Waals surface area contributed by atoms with Crippen LogP contribution in [0.1, 0.15) is 17.5 Å². The Morgan fingerprint density at radius 2 is 2.17 bits per heavy atom. The molecule has 1 aliphatic heterocycles. The van der Waals surface area contributed by atoms with Crippen molar-refractivity contribution in [2.75, 3.05) is 19.7 Å². The van der Waals surface area contributed by atoms with Crippen LogP contribution in [0.5, 0.6) is 0 Å². The number of aryl methyl sites for hydroxylation is 1. The topological polar surface area (TPSA) is 63.7 Å². The second-order valence-corrected chi connectivity index (χ2v) is 6.78. The molecule has 7 heteroatoms. The van der Waals surface area contributed by atoms with Gasteiger partial charge in [0.15, 0.2) is 5.96 Å². The van der Waals surface area contributed by atoms with Crippen LogP contribution in [0.2, 0.25) is 0 Å². The quantitative estimate of drug-likeness (QED) is 0.436. The highest BCUT2D eigenvalue weighted by Crippen LogP contribution is 2.28. The fraction of sp³-hybridized carbons (Fsp3) is 0.412. The third-order valence-corrected chi connectivity index (χ3v) is 5.05. The predicted molar refractivity (Wildman–Crippen MR) is 110 cm³/mol. The molecule has 1 aromatic carbocycles. The third-order valence-electron chi connectivity index (χ3n) is 3.86. The van der Waals surface area contributed by atoms with Crippen LogP contribution in [0.15, 0.2) is 35.3 Å². The highest BCUT2D eigenvalue weighted by atomic mass is 127. The lowest BCUT2D eigenvalue weighted by molar-refractivity contribution is 0.00529. The van der Waals surface area contributed by atoms with Crippen molar-refractivity contribution in [1.29, 1.82) is 0 Å². The smallest absolute Gasteiger partial charge is 0.191 e. The van der Waals surface area contributed by atoms with E-state index in [1.54, 1.807) is 11.3 Å². The maximum Gasteiger partial charge on any atom is 0.191 e. The number of guanidine groups is 1. The Hall–Kier alpha value is -1.19. The largest absolute Gasteiger partial charge is 0.375 e. The summed E-state index contributed by atoms with van der Waals surface area (Å²) in [5, 5.41) is 1.03. The number of aliphatic imine (C=N–C) groups is 1. The van der Waals surface area contributed by atoms with E-state index >= 15 is 0 Å². The van der Waals surface area contributed by atoms with E-state index in [1.807, 2.05) is 25.1 Å². The van der Waals surface area contributed by atoms with Crippen LogP contribution in [0.25, 0.3) is 10.6 Å². The monoisotopic (exact) mass is 458 g/mol. The number of hydrogen-bond donors (Lipinski definition) is 1. The molecule has 0 radical (unpaired) electrons. The van der Waals surface area contributed by atoms with Crippen molar-refractivity contribution in [2.45, 2.75) is 26.5 Å². The van der Waals surface area contributed by atoms with E-state index in [9.17, 15) is 0 Å². The molecule has 2 heterocycles. The van der Waals surface area contributed by atoms with Gasteiger partial charge in [-0.3, -0.25) is 0 Å². The first kappa shape index (κ1) is 19.1. The molecule has 1 atom stereocenters. The van der Waals surface area contributed by atoms with Gasteiger partial charge >= 0.3 is 0 Å². The van der Waals surface area contributed by atoms with Gasteiger partial charge in [-0.05, 0) is 13.8 Å². The number of rotatable bonds is 3. The van der Waals surface area contributed by atoms with E-state index in [4.69, 9.17) is 10.5 Å². The zero-order valence-electron chi connectivity index (χ0n) is 13.9. The van der Waals surface area contributed by atoms with E-state index in [1.165, 1.54) is 0 Å². The van der Waals surface area contributed by atoms with Crippen LogP contribution >= 0.6 is 35.3 Å². The van der Waals surface area contributed by atoms with Crippen molar-refractivity contribution in [3.63, 3.8) is 0 Å². The summed E-state index contributed by atoms with van der Waals surface area (Å²) >= 11 is 1.68. The van der Waals surface area contributed by atoms with Gasteiger partial charge in [-0.15, -0.1) is 35.3 Å². The Morgan fingerprint density at radius 3 is 2.88 bits per heavy atom. The van der Waals surface area contributed by atoms with Gasteiger partial charge in [0, 0.05) is 23.5 Å². The molecule has 1 aliphatic rings. The Bertz CT molecular complexity index is 689. The summed E-state index contributed by atoms with van der Waals surface area (Å²) in [5.74, 6) is 0.592. The Labute approximate surface area is 164 Å². The molecule has 1 aromatic heterocycles. The van der Waals surface area contributed by atoms with Crippen molar-refractivity contribution in [3.8, 4) is 10.6 Å². The number of ether oxygens (including phenoxy) is 1. The minimum absolute atomic E-state index is 0. The maximum absolute atomic E-state index is 6.13. The van der Waals surface area contributed by atoms with Crippen molar-refractivity contribution >= 4 is 41.3 Å². The zero-order chi connectivity index (χ0) is 16.2. The summed E-state index contributed by atoms with van der Waals surface area (Å²) < 4.78 is 5.53. The lowest BCUT2D eigenvalue weighted by atomic mass is 10.2. The molecule has 1 unspecified atom stereocenters. The molecule has 0 aliphatic carbocycles. The highest BCUT2D eigenvalue weighted by Gasteiger charge is 2.18. The minimum Gasteiger partial charge on any atom is -0.375 e. The first-order valence-electron chi connectivity index (χ1n) is 7.81. The van der Waals surface area contributed by atoms with Gasteiger partial charge in [0.1, 0.15) is 5.01 Å². The molecule has 130 valence electrons. The first-order valence-corrected chi connectivity index (χ1v) is 8.63. The second-order valence-electron chi connectivity index (χ2n) is 5.70. The van der Waals surface area contributed by atoms with Crippen molar-refractivity contribution in [2.24, 2.45) is 10.7 Å². The van der Waals surface area contributed by atoms with Gasteiger partial charge in [-0.2, -0.15) is 0 Å². The molecule has 5 nitrogen and oxygen atoms in total. The summed E-state index contributed by atoms with van der Waals surface area (Å²) in [6, 6.07) is 10.2. The molecular formula is C17H23IN4OS. The molecule has 0 bridgehead atoms. The Kier molecular flexibility index (Phi) is 7.00. The van der Waals surface area contributed by atoms with Crippen LogP contribution in [-0.2, 0) is 11.3 Å². The van der Waals surface area contributed by atoms with Gasteiger partial charge in [0.05, 0.1) is 24.9 Å². The number of hydrogen-bond acceptors (Lipinski definition) is 4. The lowest BCUT2D eigenvalue weighted by Gasteiger charge is -2.31. The average Bonchev–Trinajstić information content (AvgIpc) is 2.94. The molecule has 0 amide bonds. The number of morpholine rings is 1. The van der Waals surface area contributed by atoms with E-state index in [-0.39, 0.29) is 30.1 Å². The number of nitrogens with two attached hydrogens (primary N) is 1. The lowest BCUT2D eigenvalue weighted by Crippen LogP contribution is -2.47. The fourth-order valence-electron chi connectivity index (χ4n) is 2.56. The fourth-order valence-corrected chi connectivity index (χ4v) is 3.55. The molecule has 2 N–H and O–H groups in total. The van der Waals surface area contributed by atoms with E-state index in [0.29, 0.717) is 19.1 Å². The summed E-state index contributed by atoms with van der Waals surface area (Å²) in [7, 11) is 0. The number of halogens is 1. The van der Waals surface area contributed by atoms with Gasteiger partial charge in [-0.1, -0.05) is 30.3 Å². The van der Waals surface area contributed by atoms with Crippen LogP contribution in [0, 0.1) is 6.92 Å². The number of aromatic nitrogens is 1. The van der Waals surface area contributed by atoms with Gasteiger partial charge in [0.25, 0.3) is 0 Å². The number of nitrogens with zero attached hydrogens (tertiary/aromatic N) is 3. The molecule has 1 fully saturated rings. The molecule has 0 saturated carbocycles. The van der Waals surface area contributed by atoms with Crippen molar-refractivity contribution in [1.82, 2.24) is 9.88 Å². The SMILES string of the molecule is Cc1nc(-c2ccccc2)sc1CN=C(N)N1CCOC(C)C1.I. The summed E-state index contributed by atoms with van der Waals surface area (Å²) in [5.41, 5.74) is 8.30. The standard InChI is InChI=1S/C17H22N4OS.HI/c1-12-11-21(8-9-22-12)17(18)19-10-15-13(2)20-16(23-15)14-6-4-3-5-7-14;/h3-7,12H,8-11H2,1-2H3,(H2,18,19);1H. The first-order chi connectivity index (χ1) is 11.1. The summed E-state index contributed by atoms with van der Waals surface area (Å²) in [4.78, 5) is 12.5. The molecule has 2 aromatic rings. The molecule has 3 rings (SSSR count). The maximum atomic E-state index is 6.13. The summed E-state index contributed by atoms with van der Waals surface area (Å²) in [6.07, 6.45) is 0.201. The Morgan fingerprint density at radius 1 is 1.42 bits per heavy atom. The Balaban J connectivity index is 0.00000208. The highest BCUT2D eigenvalue weighted by molar-refractivity contribution is 14.0. The summed E-state index contributed by atoms with van der Waals surface area (Å²) in [6.45, 7) is 6.96. The molecule has 24 heavy (non-hydrogen) atoms. The van der Waals surface area contributed by atoms with Crippen LogP contribution in [0.4, 0.5) is 0 Å². The average molecular weight is 458 g/mol. The van der Waals surface area contributed by atoms with E-state index < -0.39 is 0 Å². The number of benzene rings is 1. The molecular weight excluding hydrogens is 435 g/mol. The normalized spacial score (nSPS) is 18.3. The second kappa shape index (κ2) is 8.77. The van der Waals surface area contributed by atoms with Crippen molar-refractivity contribution in [3.05, 3.63) is 40.9 Å². The minimum atomic E-state index is 0. The van der Waals surface area contributed by atoms with Gasteiger partial charge in [-0.25, -0.2) is 9.98 Å². The van der Waals surface area contributed by atoms with Crippen LogP contribution in [-0.4, -0.2) is 41.6 Å². The van der Waals surface area contributed by atoms with E-state index in [0.717, 1.165) is 34.2 Å².